The van der Waals surface area contributed by atoms with Gasteiger partial charge in [-0.05, 0) is 140 Å². The molecule has 0 aromatic heterocycles. The van der Waals surface area contributed by atoms with Gasteiger partial charge in [-0.3, -0.25) is 4.90 Å². The number of hydrogen-bond acceptors (Lipinski definition) is 4. The van der Waals surface area contributed by atoms with Gasteiger partial charge in [-0.1, -0.05) is 70.0 Å². The maximum Gasteiger partial charge on any atom is 0.250 e. The fourth-order valence-electron chi connectivity index (χ4n) is 6.60. The molecule has 1 saturated heterocycles. The third-order valence-corrected chi connectivity index (χ3v) is 14.8. The topological polar surface area (TPSA) is 33.7 Å². The van der Waals surface area contributed by atoms with Gasteiger partial charge in [0.1, 0.15) is 11.5 Å². The molecule has 4 nitrogen and oxygen atoms in total. The number of fused-ring (bicyclic) bond motifs is 1. The fourth-order valence-corrected chi connectivity index (χ4v) is 7.63. The highest BCUT2D eigenvalue weighted by molar-refractivity contribution is 6.74. The molecule has 1 N–H and O–H groups in total. The van der Waals surface area contributed by atoms with Crippen LogP contribution in [-0.2, 0) is 32.4 Å². The molecule has 1 unspecified atom stereocenters. The van der Waals surface area contributed by atoms with E-state index in [9.17, 15) is 0 Å². The Morgan fingerprint density at radius 1 is 0.841 bits per heavy atom. The van der Waals surface area contributed by atoms with E-state index in [-0.39, 0.29) is 5.04 Å². The SMILES string of the molecule is COc1ccc(C2CCc3cc(O[Si](C)(C)C(C)(C)C)ccc3C2)c(CCNCc2ccc(CN3CCCCCC3)cc2)c1. The van der Waals surface area contributed by atoms with Crippen molar-refractivity contribution in [1.82, 2.24) is 10.2 Å². The van der Waals surface area contributed by atoms with Crippen molar-refractivity contribution in [1.29, 1.82) is 0 Å². The minimum Gasteiger partial charge on any atom is -0.543 e. The van der Waals surface area contributed by atoms with Crippen LogP contribution >= 0.6 is 0 Å². The predicted octanol–water partition coefficient (Wildman–Crippen LogP) is 9.06. The summed E-state index contributed by atoms with van der Waals surface area (Å²) in [6.45, 7) is 17.0. The van der Waals surface area contributed by atoms with Crippen LogP contribution in [0.3, 0.4) is 0 Å². The number of aryl methyl sites for hydroxylation is 1. The summed E-state index contributed by atoms with van der Waals surface area (Å²) in [4.78, 5) is 2.62. The highest BCUT2D eigenvalue weighted by Gasteiger charge is 2.39. The van der Waals surface area contributed by atoms with Crippen LogP contribution in [0.2, 0.25) is 18.1 Å². The van der Waals surface area contributed by atoms with E-state index >= 15 is 0 Å². The second-order valence-electron chi connectivity index (χ2n) is 14.7. The Morgan fingerprint density at radius 3 is 2.25 bits per heavy atom. The van der Waals surface area contributed by atoms with Crippen LogP contribution in [0, 0.1) is 0 Å². The normalized spacial score (nSPS) is 18.0. The number of methoxy groups -OCH3 is 1. The van der Waals surface area contributed by atoms with Crippen molar-refractivity contribution in [2.24, 2.45) is 0 Å². The number of hydrogen-bond donors (Lipinski definition) is 1. The molecule has 44 heavy (non-hydrogen) atoms. The van der Waals surface area contributed by atoms with Gasteiger partial charge in [-0.15, -0.1) is 0 Å². The molecule has 0 saturated carbocycles. The van der Waals surface area contributed by atoms with E-state index in [2.05, 4.69) is 105 Å². The van der Waals surface area contributed by atoms with Crippen molar-refractivity contribution in [2.45, 2.75) is 109 Å². The molecule has 5 rings (SSSR count). The molecule has 1 aliphatic carbocycles. The molecule has 0 radical (unpaired) electrons. The van der Waals surface area contributed by atoms with Gasteiger partial charge >= 0.3 is 0 Å². The largest absolute Gasteiger partial charge is 0.543 e. The molecule has 1 aliphatic heterocycles. The van der Waals surface area contributed by atoms with Crippen molar-refractivity contribution >= 4 is 8.32 Å². The molecule has 3 aromatic rings. The van der Waals surface area contributed by atoms with Crippen LogP contribution in [0.5, 0.6) is 11.5 Å². The average molecular weight is 613 g/mol. The lowest BCUT2D eigenvalue weighted by Crippen LogP contribution is -2.43. The lowest BCUT2D eigenvalue weighted by molar-refractivity contribution is 0.277. The fraction of sp³-hybridized carbons (Fsp3) is 0.538. The van der Waals surface area contributed by atoms with Crippen molar-refractivity contribution in [3.8, 4) is 11.5 Å². The maximum atomic E-state index is 6.63. The van der Waals surface area contributed by atoms with Crippen LogP contribution in [0.1, 0.15) is 92.2 Å². The number of benzene rings is 3. The van der Waals surface area contributed by atoms with Crippen molar-refractivity contribution in [3.05, 3.63) is 94.0 Å². The van der Waals surface area contributed by atoms with Crippen molar-refractivity contribution in [3.63, 3.8) is 0 Å². The Kier molecular flexibility index (Phi) is 10.9. The second-order valence-corrected chi connectivity index (χ2v) is 19.5. The van der Waals surface area contributed by atoms with Gasteiger partial charge in [0, 0.05) is 13.1 Å². The van der Waals surface area contributed by atoms with Crippen molar-refractivity contribution < 1.29 is 9.16 Å². The third kappa shape index (κ3) is 8.56. The molecular formula is C39H56N2O2Si. The van der Waals surface area contributed by atoms with Gasteiger partial charge in [0.2, 0.25) is 8.32 Å². The van der Waals surface area contributed by atoms with E-state index < -0.39 is 8.32 Å². The van der Waals surface area contributed by atoms with Gasteiger partial charge in [0.05, 0.1) is 7.11 Å². The van der Waals surface area contributed by atoms with Crippen LogP contribution in [-0.4, -0.2) is 40.0 Å². The summed E-state index contributed by atoms with van der Waals surface area (Å²) < 4.78 is 12.3. The standard InChI is InChI=1S/C39H56N2O2Si/c1-39(2,3)44(5,6)43-37-18-17-32-25-34(16-15-33(32)26-37)38-20-19-36(42-4)27-35(38)21-22-40-28-30-11-13-31(14-12-30)29-41-23-9-7-8-10-24-41/h11-14,17-20,26-27,34,40H,7-10,15-16,21-25,28-29H2,1-6H3. The van der Waals surface area contributed by atoms with E-state index in [1.165, 1.54) is 78.6 Å². The Hall–Kier alpha value is -2.60. The average Bonchev–Trinajstić information content (AvgIpc) is 3.27. The van der Waals surface area contributed by atoms with E-state index in [1.807, 2.05) is 0 Å². The first-order chi connectivity index (χ1) is 21.1. The zero-order valence-electron chi connectivity index (χ0n) is 28.3. The molecule has 1 fully saturated rings. The maximum absolute atomic E-state index is 6.63. The quantitative estimate of drug-likeness (QED) is 0.173. The highest BCUT2D eigenvalue weighted by Crippen LogP contribution is 2.40. The van der Waals surface area contributed by atoms with Crippen LogP contribution in [0.4, 0.5) is 0 Å². The Bertz CT molecular complexity index is 1350. The lowest BCUT2D eigenvalue weighted by Gasteiger charge is -2.37. The molecule has 0 bridgehead atoms. The number of likely N-dealkylation sites (tertiary alicyclic amines) is 1. The summed E-state index contributed by atoms with van der Waals surface area (Å²) in [5.41, 5.74) is 8.63. The smallest absolute Gasteiger partial charge is 0.250 e. The first-order valence-electron chi connectivity index (χ1n) is 17.1. The van der Waals surface area contributed by atoms with E-state index in [4.69, 9.17) is 9.16 Å². The van der Waals surface area contributed by atoms with Gasteiger partial charge in [0.15, 0.2) is 0 Å². The monoisotopic (exact) mass is 612 g/mol. The molecule has 0 amide bonds. The third-order valence-electron chi connectivity index (χ3n) is 10.4. The Morgan fingerprint density at radius 2 is 1.55 bits per heavy atom. The van der Waals surface area contributed by atoms with Crippen LogP contribution in [0.15, 0.2) is 60.7 Å². The molecule has 1 atom stereocenters. The van der Waals surface area contributed by atoms with Gasteiger partial charge in [0.25, 0.3) is 0 Å². The Balaban J connectivity index is 1.17. The summed E-state index contributed by atoms with van der Waals surface area (Å²) >= 11 is 0. The van der Waals surface area contributed by atoms with Crippen LogP contribution in [0.25, 0.3) is 0 Å². The number of ether oxygens (including phenoxy) is 1. The molecule has 1 heterocycles. The minimum atomic E-state index is -1.84. The number of rotatable bonds is 11. The molecular weight excluding hydrogens is 557 g/mol. The second kappa shape index (κ2) is 14.7. The van der Waals surface area contributed by atoms with E-state index in [1.54, 1.807) is 7.11 Å². The zero-order chi connectivity index (χ0) is 31.2. The highest BCUT2D eigenvalue weighted by atomic mass is 28.4. The molecule has 2 aliphatic rings. The van der Waals surface area contributed by atoms with Gasteiger partial charge in [-0.25, -0.2) is 0 Å². The molecule has 5 heteroatoms. The summed E-state index contributed by atoms with van der Waals surface area (Å²) in [7, 11) is -0.0722. The molecule has 0 spiro atoms. The summed E-state index contributed by atoms with van der Waals surface area (Å²) in [5.74, 6) is 2.54. The summed E-state index contributed by atoms with van der Waals surface area (Å²) in [6, 6.07) is 22.9. The van der Waals surface area contributed by atoms with Crippen LogP contribution < -0.4 is 14.5 Å². The van der Waals surface area contributed by atoms with Gasteiger partial charge < -0.3 is 14.5 Å². The van der Waals surface area contributed by atoms with E-state index in [0.717, 1.165) is 50.4 Å². The first-order valence-corrected chi connectivity index (χ1v) is 20.0. The van der Waals surface area contributed by atoms with Crippen molar-refractivity contribution in [2.75, 3.05) is 26.7 Å². The minimum absolute atomic E-state index is 0.199. The lowest BCUT2D eigenvalue weighted by atomic mass is 9.78. The number of nitrogens with one attached hydrogen (secondary N) is 1. The first kappa shape index (κ1) is 32.8. The molecule has 238 valence electrons. The van der Waals surface area contributed by atoms with Gasteiger partial charge in [-0.2, -0.15) is 0 Å². The summed E-state index contributed by atoms with van der Waals surface area (Å²) in [6.07, 6.45) is 9.84. The molecule has 3 aromatic carbocycles. The zero-order valence-corrected chi connectivity index (χ0v) is 29.3. The number of nitrogens with zero attached hydrogens (tertiary/aromatic N) is 1. The Labute approximate surface area is 268 Å². The predicted molar refractivity (Wildman–Crippen MR) is 188 cm³/mol. The summed E-state index contributed by atoms with van der Waals surface area (Å²) in [5, 5.41) is 3.91. The van der Waals surface area contributed by atoms with E-state index in [0.29, 0.717) is 5.92 Å².